The Morgan fingerprint density at radius 3 is 2.48 bits per heavy atom. The summed E-state index contributed by atoms with van der Waals surface area (Å²) < 4.78 is 5.14. The number of hydrogen-bond acceptors (Lipinski definition) is 2. The Kier molecular flexibility index (Phi) is 5.28. The van der Waals surface area contributed by atoms with Crippen molar-refractivity contribution in [1.82, 2.24) is 0 Å². The smallest absolute Gasteiger partial charge is 0.118 e. The summed E-state index contributed by atoms with van der Waals surface area (Å²) >= 11 is 0. The molecular weight excluding hydrogens is 262 g/mol. The molecule has 1 unspecified atom stereocenters. The number of methoxy groups -OCH3 is 1. The second-order valence-electron chi connectivity index (χ2n) is 4.37. The summed E-state index contributed by atoms with van der Waals surface area (Å²) in [5, 5.41) is 3.65. The zero-order chi connectivity index (χ0) is 14.9. The highest BCUT2D eigenvalue weighted by Crippen LogP contribution is 2.19. The predicted molar refractivity (Wildman–Crippen MR) is 83.1 cm³/mol. The first-order valence-corrected chi connectivity index (χ1v) is 6.55. The third kappa shape index (κ3) is 4.31. The average Bonchev–Trinajstić information content (AvgIpc) is 2.56. The molecule has 0 aliphatic rings. The molecule has 0 amide bonds. The maximum atomic E-state index is 8.52. The molecule has 0 heterocycles. The van der Waals surface area contributed by atoms with Gasteiger partial charge in [-0.3, -0.25) is 0 Å². The Labute approximate surface area is 124 Å². The Balaban J connectivity index is 2.25. The average molecular weight is 277 g/mol. The van der Waals surface area contributed by atoms with Crippen LogP contribution in [0.25, 0.3) is 10.4 Å². The Morgan fingerprint density at radius 2 is 1.86 bits per heavy atom. The van der Waals surface area contributed by atoms with Crippen LogP contribution in [-0.4, -0.2) is 13.7 Å². The van der Waals surface area contributed by atoms with E-state index in [1.807, 2.05) is 54.6 Å². The first-order chi connectivity index (χ1) is 10.3. The van der Waals surface area contributed by atoms with Gasteiger partial charge in [-0.15, -0.1) is 0 Å². The van der Waals surface area contributed by atoms with E-state index < -0.39 is 0 Å². The van der Waals surface area contributed by atoms with Gasteiger partial charge in [0.2, 0.25) is 0 Å². The quantitative estimate of drug-likeness (QED) is 0.358. The van der Waals surface area contributed by atoms with Crippen molar-refractivity contribution in [3.63, 3.8) is 0 Å². The topological polar surface area (TPSA) is 58.0 Å². The van der Waals surface area contributed by atoms with Gasteiger partial charge in [0.15, 0.2) is 0 Å². The first-order valence-electron chi connectivity index (χ1n) is 6.55. The Bertz CT molecular complexity index is 677. The Hall–Kier alpha value is -2.89. The van der Waals surface area contributed by atoms with E-state index >= 15 is 0 Å². The number of azide groups is 1. The maximum absolute atomic E-state index is 8.52. The summed E-state index contributed by atoms with van der Waals surface area (Å²) in [7, 11) is 1.63. The van der Waals surface area contributed by atoms with E-state index in [-0.39, 0.29) is 5.92 Å². The zero-order valence-electron chi connectivity index (χ0n) is 11.7. The summed E-state index contributed by atoms with van der Waals surface area (Å²) in [6, 6.07) is 17.4. The van der Waals surface area contributed by atoms with E-state index in [1.165, 1.54) is 0 Å². The SMILES string of the molecule is COc1ccc(C(C#Cc2ccccc2)CN=[N+]=[N-])cc1. The van der Waals surface area contributed by atoms with E-state index in [4.69, 9.17) is 10.3 Å². The first kappa shape index (κ1) is 14.5. The van der Waals surface area contributed by atoms with Crippen molar-refractivity contribution in [1.29, 1.82) is 0 Å². The number of hydrogen-bond donors (Lipinski definition) is 0. The minimum absolute atomic E-state index is 0.132. The molecular formula is C17H15N3O. The molecule has 0 radical (unpaired) electrons. The van der Waals surface area contributed by atoms with Gasteiger partial charge in [-0.2, -0.15) is 0 Å². The largest absolute Gasteiger partial charge is 0.497 e. The van der Waals surface area contributed by atoms with Gasteiger partial charge in [0.25, 0.3) is 0 Å². The summed E-state index contributed by atoms with van der Waals surface area (Å²) in [5.41, 5.74) is 10.5. The highest BCUT2D eigenvalue weighted by Gasteiger charge is 2.07. The lowest BCUT2D eigenvalue weighted by Crippen LogP contribution is -2.00. The molecule has 0 spiro atoms. The fraction of sp³-hybridized carbons (Fsp3) is 0.176. The molecule has 0 aliphatic heterocycles. The van der Waals surface area contributed by atoms with Crippen LogP contribution in [0.3, 0.4) is 0 Å². The second kappa shape index (κ2) is 7.64. The van der Waals surface area contributed by atoms with Gasteiger partial charge in [0.1, 0.15) is 5.75 Å². The molecule has 0 saturated heterocycles. The van der Waals surface area contributed by atoms with Crippen molar-refractivity contribution in [3.8, 4) is 17.6 Å². The molecule has 1 atom stereocenters. The number of rotatable bonds is 4. The van der Waals surface area contributed by atoms with E-state index in [2.05, 4.69) is 21.9 Å². The van der Waals surface area contributed by atoms with Gasteiger partial charge in [0.05, 0.1) is 13.0 Å². The van der Waals surface area contributed by atoms with Crippen LogP contribution in [0, 0.1) is 11.8 Å². The standard InChI is InChI=1S/C17H15N3O/c1-21-17-11-9-15(10-12-17)16(13-19-20-18)8-7-14-5-3-2-4-6-14/h2-6,9-12,16H,13H2,1H3. The normalized spacial score (nSPS) is 10.7. The third-order valence-electron chi connectivity index (χ3n) is 3.01. The van der Waals surface area contributed by atoms with Crippen LogP contribution >= 0.6 is 0 Å². The highest BCUT2D eigenvalue weighted by molar-refractivity contribution is 5.39. The molecule has 0 bridgehead atoms. The van der Waals surface area contributed by atoms with Crippen molar-refractivity contribution in [2.45, 2.75) is 5.92 Å². The molecule has 4 nitrogen and oxygen atoms in total. The second-order valence-corrected chi connectivity index (χ2v) is 4.37. The molecule has 0 aliphatic carbocycles. The summed E-state index contributed by atoms with van der Waals surface area (Å²) in [6.07, 6.45) is 0. The van der Waals surface area contributed by atoms with Crippen LogP contribution in [-0.2, 0) is 0 Å². The molecule has 0 fully saturated rings. The van der Waals surface area contributed by atoms with E-state index in [9.17, 15) is 0 Å². The molecule has 21 heavy (non-hydrogen) atoms. The Morgan fingerprint density at radius 1 is 1.14 bits per heavy atom. The molecule has 2 aromatic carbocycles. The highest BCUT2D eigenvalue weighted by atomic mass is 16.5. The van der Waals surface area contributed by atoms with E-state index in [0.717, 1.165) is 16.9 Å². The number of nitrogens with zero attached hydrogens (tertiary/aromatic N) is 3. The van der Waals surface area contributed by atoms with Gasteiger partial charge in [0, 0.05) is 17.0 Å². The lowest BCUT2D eigenvalue weighted by molar-refractivity contribution is 0.414. The summed E-state index contributed by atoms with van der Waals surface area (Å²) in [5.74, 6) is 6.94. The number of benzene rings is 2. The summed E-state index contributed by atoms with van der Waals surface area (Å²) in [4.78, 5) is 2.82. The molecule has 2 aromatic rings. The van der Waals surface area contributed by atoms with Crippen LogP contribution in [0.2, 0.25) is 0 Å². The molecule has 4 heteroatoms. The van der Waals surface area contributed by atoms with Crippen molar-refractivity contribution in [2.75, 3.05) is 13.7 Å². The van der Waals surface area contributed by atoms with Gasteiger partial charge >= 0.3 is 0 Å². The number of ether oxygens (including phenoxy) is 1. The lowest BCUT2D eigenvalue weighted by atomic mass is 9.99. The maximum Gasteiger partial charge on any atom is 0.118 e. The van der Waals surface area contributed by atoms with Gasteiger partial charge in [-0.1, -0.05) is 47.3 Å². The molecule has 0 aromatic heterocycles. The molecule has 0 saturated carbocycles. The van der Waals surface area contributed by atoms with Crippen LogP contribution in [0.15, 0.2) is 59.7 Å². The monoisotopic (exact) mass is 277 g/mol. The lowest BCUT2D eigenvalue weighted by Gasteiger charge is -2.08. The molecule has 104 valence electrons. The minimum atomic E-state index is -0.132. The molecule has 0 N–H and O–H groups in total. The van der Waals surface area contributed by atoms with Crippen LogP contribution in [0.5, 0.6) is 5.75 Å². The van der Waals surface area contributed by atoms with E-state index in [0.29, 0.717) is 6.54 Å². The van der Waals surface area contributed by atoms with Crippen molar-refractivity contribution in [2.24, 2.45) is 5.11 Å². The molecule has 2 rings (SSSR count). The van der Waals surface area contributed by atoms with Crippen LogP contribution in [0.4, 0.5) is 0 Å². The fourth-order valence-electron chi connectivity index (χ4n) is 1.88. The summed E-state index contributed by atoms with van der Waals surface area (Å²) in [6.45, 7) is 0.308. The van der Waals surface area contributed by atoms with Gasteiger partial charge < -0.3 is 4.74 Å². The zero-order valence-corrected chi connectivity index (χ0v) is 11.7. The predicted octanol–water partition coefficient (Wildman–Crippen LogP) is 4.14. The fourth-order valence-corrected chi connectivity index (χ4v) is 1.88. The van der Waals surface area contributed by atoms with Crippen molar-refractivity contribution < 1.29 is 4.74 Å². The minimum Gasteiger partial charge on any atom is -0.497 e. The van der Waals surface area contributed by atoms with Crippen molar-refractivity contribution >= 4 is 0 Å². The van der Waals surface area contributed by atoms with Gasteiger partial charge in [-0.25, -0.2) is 0 Å². The van der Waals surface area contributed by atoms with E-state index in [1.54, 1.807) is 7.11 Å². The third-order valence-corrected chi connectivity index (χ3v) is 3.01. The van der Waals surface area contributed by atoms with Crippen LogP contribution in [0.1, 0.15) is 17.0 Å². The van der Waals surface area contributed by atoms with Crippen LogP contribution < -0.4 is 4.74 Å². The van der Waals surface area contributed by atoms with Gasteiger partial charge in [-0.05, 0) is 35.4 Å². The van der Waals surface area contributed by atoms with Crippen molar-refractivity contribution in [3.05, 3.63) is 76.2 Å².